The van der Waals surface area contributed by atoms with Gasteiger partial charge in [0.15, 0.2) is 0 Å². The number of nitrogens with zero attached hydrogens (tertiary/aromatic N) is 4. The smallest absolute Gasteiger partial charge is 0.242 e. The summed E-state index contributed by atoms with van der Waals surface area (Å²) in [5, 5.41) is 2.28. The van der Waals surface area contributed by atoms with Crippen molar-refractivity contribution >= 4 is 33.6 Å². The highest BCUT2D eigenvalue weighted by Gasteiger charge is 2.13. The van der Waals surface area contributed by atoms with Crippen molar-refractivity contribution in [2.45, 2.75) is 25.9 Å². The number of para-hydroxylation sites is 2. The fraction of sp³-hybridized carbons (Fsp3) is 0.308. The van der Waals surface area contributed by atoms with E-state index in [0.29, 0.717) is 26.2 Å². The van der Waals surface area contributed by atoms with Crippen molar-refractivity contribution in [3.8, 4) is 0 Å². The Hall–Kier alpha value is -3.54. The maximum absolute atomic E-state index is 12.6. The average molecular weight is 431 g/mol. The molecule has 0 aliphatic heterocycles. The van der Waals surface area contributed by atoms with Crippen LogP contribution in [0, 0.1) is 0 Å². The number of amides is 2. The summed E-state index contributed by atoms with van der Waals surface area (Å²) in [6, 6.07) is 20.2. The van der Waals surface area contributed by atoms with Gasteiger partial charge in [-0.15, -0.1) is 0 Å². The highest BCUT2D eigenvalue weighted by Crippen LogP contribution is 2.16. The molecule has 0 fully saturated rings. The Bertz CT molecular complexity index is 1130. The summed E-state index contributed by atoms with van der Waals surface area (Å²) >= 11 is 0. The van der Waals surface area contributed by atoms with E-state index in [0.717, 1.165) is 34.6 Å². The molecule has 0 radical (unpaired) electrons. The van der Waals surface area contributed by atoms with Crippen LogP contribution < -0.4 is 0 Å². The van der Waals surface area contributed by atoms with Crippen molar-refractivity contribution in [3.05, 3.63) is 73.1 Å². The highest BCUT2D eigenvalue weighted by atomic mass is 16.2. The number of likely N-dealkylation sites (N-methyl/N-ethyl adjacent to an activating group) is 2. The molecule has 166 valence electrons. The summed E-state index contributed by atoms with van der Waals surface area (Å²) in [4.78, 5) is 28.8. The van der Waals surface area contributed by atoms with E-state index in [1.165, 1.54) is 0 Å². The SMILES string of the molecule is CN(CCCCN(C)C(=O)Cn1ccc2ccccc21)C(=O)Cn1ccc2ccccc21. The van der Waals surface area contributed by atoms with Crippen LogP contribution in [0.15, 0.2) is 73.1 Å². The zero-order chi connectivity index (χ0) is 22.5. The molecule has 6 heteroatoms. The van der Waals surface area contributed by atoms with Crippen LogP contribution in [0.1, 0.15) is 12.8 Å². The first kappa shape index (κ1) is 21.7. The highest BCUT2D eigenvalue weighted by molar-refractivity contribution is 5.84. The van der Waals surface area contributed by atoms with E-state index in [2.05, 4.69) is 12.1 Å². The standard InChI is InChI=1S/C26H30N4O2/c1-27(25(31)19-29-17-13-21-9-3-5-11-23(21)29)15-7-8-16-28(2)26(32)20-30-18-14-22-10-4-6-12-24(22)30/h3-6,9-14,17-18H,7-8,15-16,19-20H2,1-2H3. The molecule has 2 aromatic carbocycles. The van der Waals surface area contributed by atoms with E-state index >= 15 is 0 Å². The number of carbonyl (C=O) groups excluding carboxylic acids is 2. The van der Waals surface area contributed by atoms with E-state index in [-0.39, 0.29) is 11.8 Å². The van der Waals surface area contributed by atoms with Crippen LogP contribution >= 0.6 is 0 Å². The first-order valence-electron chi connectivity index (χ1n) is 11.1. The zero-order valence-corrected chi connectivity index (χ0v) is 18.8. The molecule has 6 nitrogen and oxygen atoms in total. The van der Waals surface area contributed by atoms with Crippen LogP contribution in [-0.2, 0) is 22.7 Å². The summed E-state index contributed by atoms with van der Waals surface area (Å²) in [5.41, 5.74) is 2.15. The van der Waals surface area contributed by atoms with Crippen molar-refractivity contribution in [3.63, 3.8) is 0 Å². The Morgan fingerprint density at radius 3 is 1.50 bits per heavy atom. The van der Waals surface area contributed by atoms with Gasteiger partial charge in [0.05, 0.1) is 0 Å². The van der Waals surface area contributed by atoms with Gasteiger partial charge >= 0.3 is 0 Å². The lowest BCUT2D eigenvalue weighted by atomic mass is 10.2. The van der Waals surface area contributed by atoms with Crippen molar-refractivity contribution in [2.75, 3.05) is 27.2 Å². The van der Waals surface area contributed by atoms with Crippen LogP contribution in [0.5, 0.6) is 0 Å². The second-order valence-corrected chi connectivity index (χ2v) is 8.34. The largest absolute Gasteiger partial charge is 0.344 e. The Kier molecular flexibility index (Phi) is 6.59. The lowest BCUT2D eigenvalue weighted by Gasteiger charge is -2.20. The third kappa shape index (κ3) is 4.85. The van der Waals surface area contributed by atoms with Crippen molar-refractivity contribution in [1.82, 2.24) is 18.9 Å². The minimum Gasteiger partial charge on any atom is -0.344 e. The van der Waals surface area contributed by atoms with Gasteiger partial charge < -0.3 is 18.9 Å². The van der Waals surface area contributed by atoms with Crippen LogP contribution in [0.3, 0.4) is 0 Å². The topological polar surface area (TPSA) is 50.5 Å². The molecule has 4 rings (SSSR count). The molecule has 0 atom stereocenters. The van der Waals surface area contributed by atoms with Crippen LogP contribution in [0.2, 0.25) is 0 Å². The summed E-state index contributed by atoms with van der Waals surface area (Å²) in [7, 11) is 3.69. The van der Waals surface area contributed by atoms with Gasteiger partial charge in [-0.25, -0.2) is 0 Å². The molecule has 0 unspecified atom stereocenters. The van der Waals surface area contributed by atoms with Crippen molar-refractivity contribution in [2.24, 2.45) is 0 Å². The Morgan fingerprint density at radius 2 is 1.06 bits per heavy atom. The molecule has 32 heavy (non-hydrogen) atoms. The Labute approximate surface area is 188 Å². The molecular weight excluding hydrogens is 400 g/mol. The molecule has 0 saturated carbocycles. The molecule has 2 amide bonds. The first-order chi connectivity index (χ1) is 15.5. The monoisotopic (exact) mass is 430 g/mol. The number of unbranched alkanes of at least 4 members (excludes halogenated alkanes) is 1. The number of carbonyl (C=O) groups is 2. The molecule has 0 saturated heterocycles. The first-order valence-corrected chi connectivity index (χ1v) is 11.1. The van der Waals surface area contributed by atoms with Crippen molar-refractivity contribution in [1.29, 1.82) is 0 Å². The number of benzene rings is 2. The van der Waals surface area contributed by atoms with Gasteiger partial charge in [0, 0.05) is 50.6 Å². The number of hydrogen-bond donors (Lipinski definition) is 0. The molecule has 4 aromatic rings. The van der Waals surface area contributed by atoms with Gasteiger partial charge in [0.2, 0.25) is 11.8 Å². The van der Waals surface area contributed by atoms with E-state index in [1.807, 2.05) is 84.2 Å². The number of aromatic nitrogens is 2. The summed E-state index contributed by atoms with van der Waals surface area (Å²) in [6.45, 7) is 2.05. The number of rotatable bonds is 9. The van der Waals surface area contributed by atoms with Gasteiger partial charge in [-0.2, -0.15) is 0 Å². The molecule has 0 spiro atoms. The second kappa shape index (κ2) is 9.73. The summed E-state index contributed by atoms with van der Waals surface area (Å²) < 4.78 is 3.98. The van der Waals surface area contributed by atoms with Gasteiger partial charge in [-0.3, -0.25) is 9.59 Å². The van der Waals surface area contributed by atoms with E-state index in [1.54, 1.807) is 9.80 Å². The van der Waals surface area contributed by atoms with E-state index < -0.39 is 0 Å². The van der Waals surface area contributed by atoms with Crippen molar-refractivity contribution < 1.29 is 9.59 Å². The predicted octanol–water partition coefficient (Wildman–Crippen LogP) is 3.99. The quantitative estimate of drug-likeness (QED) is 0.377. The lowest BCUT2D eigenvalue weighted by molar-refractivity contribution is -0.131. The van der Waals surface area contributed by atoms with Gasteiger partial charge in [-0.1, -0.05) is 36.4 Å². The third-order valence-corrected chi connectivity index (χ3v) is 6.06. The Balaban J connectivity index is 1.20. The summed E-state index contributed by atoms with van der Waals surface area (Å²) in [5.74, 6) is 0.186. The molecule has 0 aliphatic carbocycles. The fourth-order valence-corrected chi connectivity index (χ4v) is 4.04. The zero-order valence-electron chi connectivity index (χ0n) is 18.8. The molecule has 0 N–H and O–H groups in total. The minimum atomic E-state index is 0.0928. The lowest BCUT2D eigenvalue weighted by Crippen LogP contribution is -2.33. The van der Waals surface area contributed by atoms with Crippen LogP contribution in [0.25, 0.3) is 21.8 Å². The van der Waals surface area contributed by atoms with Gasteiger partial charge in [-0.05, 0) is 47.9 Å². The maximum atomic E-state index is 12.6. The maximum Gasteiger partial charge on any atom is 0.242 e. The van der Waals surface area contributed by atoms with Gasteiger partial charge in [0.25, 0.3) is 0 Å². The van der Waals surface area contributed by atoms with Gasteiger partial charge in [0.1, 0.15) is 13.1 Å². The minimum absolute atomic E-state index is 0.0928. The molecule has 0 aliphatic rings. The van der Waals surface area contributed by atoms with Crippen LogP contribution in [0.4, 0.5) is 0 Å². The average Bonchev–Trinajstić information content (AvgIpc) is 3.41. The predicted molar refractivity (Wildman–Crippen MR) is 128 cm³/mol. The number of fused-ring (bicyclic) bond motifs is 2. The van der Waals surface area contributed by atoms with E-state index in [4.69, 9.17) is 0 Å². The number of hydrogen-bond acceptors (Lipinski definition) is 2. The van der Waals surface area contributed by atoms with Crippen LogP contribution in [-0.4, -0.2) is 57.9 Å². The second-order valence-electron chi connectivity index (χ2n) is 8.34. The molecule has 2 heterocycles. The molecular formula is C26H30N4O2. The fourth-order valence-electron chi connectivity index (χ4n) is 4.04. The third-order valence-electron chi connectivity index (χ3n) is 6.06. The molecule has 2 aromatic heterocycles. The Morgan fingerprint density at radius 1 is 0.656 bits per heavy atom. The molecule has 0 bridgehead atoms. The summed E-state index contributed by atoms with van der Waals surface area (Å²) in [6.07, 6.45) is 5.65. The normalized spacial score (nSPS) is 11.2. The van der Waals surface area contributed by atoms with E-state index in [9.17, 15) is 9.59 Å².